The molecule has 0 aliphatic heterocycles. The van der Waals surface area contributed by atoms with E-state index in [1.807, 2.05) is 6.92 Å². The molecule has 0 saturated heterocycles. The lowest BCUT2D eigenvalue weighted by Crippen LogP contribution is -2.22. The minimum absolute atomic E-state index is 0.114. The first-order valence-electron chi connectivity index (χ1n) is 4.45. The summed E-state index contributed by atoms with van der Waals surface area (Å²) in [5, 5.41) is 13.9. The molecule has 70 valence electrons. The van der Waals surface area contributed by atoms with Gasteiger partial charge in [0.1, 0.15) is 0 Å². The van der Waals surface area contributed by atoms with Crippen LogP contribution in [0.3, 0.4) is 0 Å². The maximum absolute atomic E-state index is 8.53. The second kappa shape index (κ2) is 5.74. The van der Waals surface area contributed by atoms with Crippen molar-refractivity contribution in [2.24, 2.45) is 5.92 Å². The fourth-order valence-electron chi connectivity index (χ4n) is 1.03. The molecule has 0 radical (unpaired) electrons. The quantitative estimate of drug-likeness (QED) is 0.728. The maximum Gasteiger partial charge on any atom is 0.0666 e. The lowest BCUT2D eigenvalue weighted by molar-refractivity contribution is 0.604. The fourth-order valence-corrected chi connectivity index (χ4v) is 1.74. The smallest absolute Gasteiger partial charge is 0.0666 e. The van der Waals surface area contributed by atoms with E-state index in [-0.39, 0.29) is 5.92 Å². The van der Waals surface area contributed by atoms with Crippen molar-refractivity contribution in [2.45, 2.75) is 13.3 Å². The van der Waals surface area contributed by atoms with Crippen molar-refractivity contribution in [3.8, 4) is 6.07 Å². The Morgan fingerprint density at radius 1 is 1.69 bits per heavy atom. The van der Waals surface area contributed by atoms with Crippen molar-refractivity contribution in [1.82, 2.24) is 5.32 Å². The molecule has 0 fully saturated rings. The number of nitrogens with one attached hydrogen (secondary N) is 1. The van der Waals surface area contributed by atoms with E-state index in [0.717, 1.165) is 19.5 Å². The van der Waals surface area contributed by atoms with Gasteiger partial charge in [0.25, 0.3) is 0 Å². The van der Waals surface area contributed by atoms with Gasteiger partial charge in [-0.15, -0.1) is 11.3 Å². The van der Waals surface area contributed by atoms with Gasteiger partial charge >= 0.3 is 0 Å². The van der Waals surface area contributed by atoms with Crippen LogP contribution in [0, 0.1) is 17.2 Å². The Hall–Kier alpha value is -0.850. The predicted octanol–water partition coefficient (Wildman–Crippen LogP) is 2.04. The molecule has 0 aliphatic carbocycles. The number of hydrogen-bond acceptors (Lipinski definition) is 3. The van der Waals surface area contributed by atoms with E-state index in [9.17, 15) is 0 Å². The first-order valence-corrected chi connectivity index (χ1v) is 5.33. The van der Waals surface area contributed by atoms with Crippen molar-refractivity contribution in [3.05, 3.63) is 22.4 Å². The van der Waals surface area contributed by atoms with Crippen LogP contribution >= 0.6 is 11.3 Å². The van der Waals surface area contributed by atoms with Crippen LogP contribution in [-0.2, 0) is 6.42 Å². The van der Waals surface area contributed by atoms with E-state index in [2.05, 4.69) is 28.9 Å². The summed E-state index contributed by atoms with van der Waals surface area (Å²) in [6, 6.07) is 6.41. The number of nitriles is 1. The Morgan fingerprint density at radius 2 is 2.54 bits per heavy atom. The SMILES string of the molecule is CC(C#N)CNCCc1cccs1. The lowest BCUT2D eigenvalue weighted by atomic mass is 10.2. The average molecular weight is 194 g/mol. The largest absolute Gasteiger partial charge is 0.315 e. The second-order valence-corrected chi connectivity index (χ2v) is 4.10. The standard InChI is InChI=1S/C10H14N2S/c1-9(7-11)8-12-5-4-10-3-2-6-13-10/h2-3,6,9,12H,4-5,8H2,1H3. The first-order chi connectivity index (χ1) is 6.33. The minimum atomic E-state index is 0.114. The van der Waals surface area contributed by atoms with Gasteiger partial charge in [0.15, 0.2) is 0 Å². The zero-order chi connectivity index (χ0) is 9.52. The number of rotatable bonds is 5. The molecule has 1 aromatic heterocycles. The summed E-state index contributed by atoms with van der Waals surface area (Å²) in [4.78, 5) is 1.40. The van der Waals surface area contributed by atoms with Gasteiger partial charge in [0.05, 0.1) is 12.0 Å². The van der Waals surface area contributed by atoms with Crippen LogP contribution in [0.1, 0.15) is 11.8 Å². The molecule has 1 N–H and O–H groups in total. The number of thiophene rings is 1. The highest BCUT2D eigenvalue weighted by Crippen LogP contribution is 2.07. The Labute approximate surface area is 83.2 Å². The molecular formula is C10H14N2S. The molecule has 0 aliphatic rings. The van der Waals surface area contributed by atoms with Crippen molar-refractivity contribution >= 4 is 11.3 Å². The summed E-state index contributed by atoms with van der Waals surface area (Å²) in [5.74, 6) is 0.114. The Morgan fingerprint density at radius 3 is 3.15 bits per heavy atom. The van der Waals surface area contributed by atoms with E-state index in [4.69, 9.17) is 5.26 Å². The summed E-state index contributed by atoms with van der Waals surface area (Å²) in [6.07, 6.45) is 1.07. The summed E-state index contributed by atoms with van der Waals surface area (Å²) in [5.41, 5.74) is 0. The van der Waals surface area contributed by atoms with Gasteiger partial charge in [-0.2, -0.15) is 5.26 Å². The van der Waals surface area contributed by atoms with E-state index in [0.29, 0.717) is 0 Å². The number of nitrogens with zero attached hydrogens (tertiary/aromatic N) is 1. The molecule has 1 heterocycles. The van der Waals surface area contributed by atoms with Crippen molar-refractivity contribution < 1.29 is 0 Å². The second-order valence-electron chi connectivity index (χ2n) is 3.06. The Bertz CT molecular complexity index is 261. The molecule has 3 heteroatoms. The summed E-state index contributed by atoms with van der Waals surface area (Å²) in [6.45, 7) is 3.69. The molecule has 0 bridgehead atoms. The normalized spacial score (nSPS) is 12.3. The molecule has 0 saturated carbocycles. The van der Waals surface area contributed by atoms with Crippen LogP contribution in [0.2, 0.25) is 0 Å². The highest BCUT2D eigenvalue weighted by Gasteiger charge is 1.98. The molecule has 13 heavy (non-hydrogen) atoms. The lowest BCUT2D eigenvalue weighted by Gasteiger charge is -2.03. The third-order valence-electron chi connectivity index (χ3n) is 1.80. The molecule has 1 unspecified atom stereocenters. The molecule has 2 nitrogen and oxygen atoms in total. The topological polar surface area (TPSA) is 35.8 Å². The maximum atomic E-state index is 8.53. The Kier molecular flexibility index (Phi) is 4.52. The van der Waals surface area contributed by atoms with Crippen LogP contribution in [-0.4, -0.2) is 13.1 Å². The van der Waals surface area contributed by atoms with Gasteiger partial charge < -0.3 is 5.32 Å². The molecular weight excluding hydrogens is 180 g/mol. The molecule has 1 rings (SSSR count). The molecule has 0 amide bonds. The van der Waals surface area contributed by atoms with E-state index < -0.39 is 0 Å². The van der Waals surface area contributed by atoms with Crippen LogP contribution in [0.25, 0.3) is 0 Å². The van der Waals surface area contributed by atoms with Gasteiger partial charge in [0, 0.05) is 18.0 Å². The van der Waals surface area contributed by atoms with Gasteiger partial charge in [-0.3, -0.25) is 0 Å². The van der Waals surface area contributed by atoms with Crippen LogP contribution in [0.15, 0.2) is 17.5 Å². The van der Waals surface area contributed by atoms with Gasteiger partial charge in [-0.25, -0.2) is 0 Å². The van der Waals surface area contributed by atoms with Crippen molar-refractivity contribution in [3.63, 3.8) is 0 Å². The third-order valence-corrected chi connectivity index (χ3v) is 2.74. The summed E-state index contributed by atoms with van der Waals surface area (Å²) >= 11 is 1.78. The molecule has 0 spiro atoms. The zero-order valence-corrected chi connectivity index (χ0v) is 8.60. The monoisotopic (exact) mass is 194 g/mol. The van der Waals surface area contributed by atoms with Gasteiger partial charge in [-0.05, 0) is 24.8 Å². The molecule has 1 atom stereocenters. The first kappa shape index (κ1) is 10.2. The molecule has 0 aromatic carbocycles. The van der Waals surface area contributed by atoms with Crippen molar-refractivity contribution in [1.29, 1.82) is 5.26 Å². The fraction of sp³-hybridized carbons (Fsp3) is 0.500. The van der Waals surface area contributed by atoms with Crippen LogP contribution < -0.4 is 5.32 Å². The number of hydrogen-bond donors (Lipinski definition) is 1. The van der Waals surface area contributed by atoms with E-state index >= 15 is 0 Å². The van der Waals surface area contributed by atoms with Gasteiger partial charge in [-0.1, -0.05) is 6.07 Å². The minimum Gasteiger partial charge on any atom is -0.315 e. The van der Waals surface area contributed by atoms with Gasteiger partial charge in [0.2, 0.25) is 0 Å². The van der Waals surface area contributed by atoms with E-state index in [1.54, 1.807) is 11.3 Å². The average Bonchev–Trinajstić information content (AvgIpc) is 2.64. The molecule has 1 aromatic rings. The third kappa shape index (κ3) is 4.07. The van der Waals surface area contributed by atoms with Crippen LogP contribution in [0.4, 0.5) is 0 Å². The summed E-state index contributed by atoms with van der Waals surface area (Å²) < 4.78 is 0. The summed E-state index contributed by atoms with van der Waals surface area (Å²) in [7, 11) is 0. The van der Waals surface area contributed by atoms with Crippen molar-refractivity contribution in [2.75, 3.05) is 13.1 Å². The van der Waals surface area contributed by atoms with E-state index in [1.165, 1.54) is 4.88 Å². The zero-order valence-electron chi connectivity index (χ0n) is 7.79. The highest BCUT2D eigenvalue weighted by molar-refractivity contribution is 7.09. The van der Waals surface area contributed by atoms with Crippen LogP contribution in [0.5, 0.6) is 0 Å². The Balaban J connectivity index is 2.06. The predicted molar refractivity (Wildman–Crippen MR) is 55.7 cm³/mol. The highest BCUT2D eigenvalue weighted by atomic mass is 32.1.